The number of rotatable bonds is 6. The second-order valence-electron chi connectivity index (χ2n) is 4.58. The van der Waals surface area contributed by atoms with Crippen molar-refractivity contribution in [1.29, 1.82) is 0 Å². The minimum Gasteiger partial charge on any atom is -0.497 e. The zero-order valence-corrected chi connectivity index (χ0v) is 13.5. The molecule has 2 N–H and O–H groups in total. The van der Waals surface area contributed by atoms with Crippen LogP contribution < -0.4 is 15.4 Å². The van der Waals surface area contributed by atoms with Crippen LogP contribution >= 0.6 is 23.2 Å². The number of methoxy groups -OCH3 is 1. The SMILES string of the molecule is COc1ccc(NCCC(=O)Nc2ccc(Cl)cc2Cl)cc1. The lowest BCUT2D eigenvalue weighted by Crippen LogP contribution is -2.16. The highest BCUT2D eigenvalue weighted by Crippen LogP contribution is 2.25. The van der Waals surface area contributed by atoms with Gasteiger partial charge in [0, 0.05) is 23.7 Å². The molecule has 0 aliphatic rings. The maximum atomic E-state index is 11.9. The molecule has 0 spiro atoms. The zero-order valence-electron chi connectivity index (χ0n) is 12.0. The topological polar surface area (TPSA) is 50.4 Å². The van der Waals surface area contributed by atoms with Gasteiger partial charge in [-0.05, 0) is 42.5 Å². The first-order valence-electron chi connectivity index (χ1n) is 6.71. The van der Waals surface area contributed by atoms with Gasteiger partial charge in [0.15, 0.2) is 0 Å². The number of carbonyl (C=O) groups excluding carboxylic acids is 1. The molecular formula is C16H16Cl2N2O2. The Balaban J connectivity index is 1.79. The Bertz CT molecular complexity index is 645. The molecule has 0 bridgehead atoms. The molecule has 22 heavy (non-hydrogen) atoms. The molecule has 0 saturated carbocycles. The van der Waals surface area contributed by atoms with Crippen LogP contribution in [0.2, 0.25) is 10.0 Å². The van der Waals surface area contributed by atoms with Gasteiger partial charge in [0.25, 0.3) is 0 Å². The summed E-state index contributed by atoms with van der Waals surface area (Å²) < 4.78 is 5.08. The Morgan fingerprint density at radius 3 is 2.50 bits per heavy atom. The maximum Gasteiger partial charge on any atom is 0.226 e. The van der Waals surface area contributed by atoms with Crippen LogP contribution in [0.5, 0.6) is 5.75 Å². The third-order valence-corrected chi connectivity index (χ3v) is 3.52. The van der Waals surface area contributed by atoms with E-state index in [4.69, 9.17) is 27.9 Å². The minimum absolute atomic E-state index is 0.120. The predicted molar refractivity (Wildman–Crippen MR) is 91.2 cm³/mol. The molecule has 0 aliphatic heterocycles. The molecule has 2 aromatic rings. The summed E-state index contributed by atoms with van der Waals surface area (Å²) >= 11 is 11.8. The minimum atomic E-state index is -0.120. The summed E-state index contributed by atoms with van der Waals surface area (Å²) in [6.45, 7) is 0.517. The van der Waals surface area contributed by atoms with Crippen LogP contribution in [-0.4, -0.2) is 19.6 Å². The predicted octanol–water partition coefficient (Wildman–Crippen LogP) is 4.44. The zero-order chi connectivity index (χ0) is 15.9. The average molecular weight is 339 g/mol. The van der Waals surface area contributed by atoms with Crippen LogP contribution in [0.4, 0.5) is 11.4 Å². The normalized spacial score (nSPS) is 10.1. The molecule has 1 amide bonds. The molecule has 0 aromatic heterocycles. The van der Waals surface area contributed by atoms with Crippen molar-refractivity contribution in [1.82, 2.24) is 0 Å². The van der Waals surface area contributed by atoms with Gasteiger partial charge in [-0.15, -0.1) is 0 Å². The van der Waals surface area contributed by atoms with Crippen LogP contribution in [0.1, 0.15) is 6.42 Å². The van der Waals surface area contributed by atoms with E-state index >= 15 is 0 Å². The Hall–Kier alpha value is -1.91. The third kappa shape index (κ3) is 4.83. The van der Waals surface area contributed by atoms with Gasteiger partial charge in [-0.2, -0.15) is 0 Å². The lowest BCUT2D eigenvalue weighted by molar-refractivity contribution is -0.115. The summed E-state index contributed by atoms with van der Waals surface area (Å²) in [6.07, 6.45) is 0.324. The number of anilines is 2. The molecule has 0 aliphatic carbocycles. The number of benzene rings is 2. The first-order chi connectivity index (χ1) is 10.6. The van der Waals surface area contributed by atoms with Gasteiger partial charge in [-0.3, -0.25) is 4.79 Å². The summed E-state index contributed by atoms with van der Waals surface area (Å²) in [5.41, 5.74) is 1.48. The molecule has 0 atom stereocenters. The first kappa shape index (κ1) is 16.5. The highest BCUT2D eigenvalue weighted by Gasteiger charge is 2.06. The Labute approximate surface area is 139 Å². The Kier molecular flexibility index (Phi) is 5.92. The van der Waals surface area contributed by atoms with Crippen molar-refractivity contribution in [2.75, 3.05) is 24.3 Å². The standard InChI is InChI=1S/C16H16Cl2N2O2/c1-22-13-5-3-12(4-6-13)19-9-8-16(21)20-15-7-2-11(17)10-14(15)18/h2-7,10,19H,8-9H2,1H3,(H,20,21). The van der Waals surface area contributed by atoms with Gasteiger partial charge in [-0.25, -0.2) is 0 Å². The van der Waals surface area contributed by atoms with E-state index in [-0.39, 0.29) is 5.91 Å². The van der Waals surface area contributed by atoms with Gasteiger partial charge in [0.2, 0.25) is 5.91 Å². The summed E-state index contributed by atoms with van der Waals surface area (Å²) in [4.78, 5) is 11.9. The molecular weight excluding hydrogens is 323 g/mol. The maximum absolute atomic E-state index is 11.9. The summed E-state index contributed by atoms with van der Waals surface area (Å²) in [7, 11) is 1.62. The van der Waals surface area contributed by atoms with E-state index in [0.29, 0.717) is 28.7 Å². The molecule has 4 nitrogen and oxygen atoms in total. The smallest absolute Gasteiger partial charge is 0.226 e. The quantitative estimate of drug-likeness (QED) is 0.818. The van der Waals surface area contributed by atoms with Crippen molar-refractivity contribution >= 4 is 40.5 Å². The lowest BCUT2D eigenvalue weighted by atomic mass is 10.2. The second-order valence-corrected chi connectivity index (χ2v) is 5.42. The number of amides is 1. The van der Waals surface area contributed by atoms with Crippen molar-refractivity contribution in [3.05, 3.63) is 52.5 Å². The van der Waals surface area contributed by atoms with E-state index in [1.165, 1.54) is 0 Å². The number of ether oxygens (including phenoxy) is 1. The van der Waals surface area contributed by atoms with Crippen molar-refractivity contribution in [3.63, 3.8) is 0 Å². The van der Waals surface area contributed by atoms with Crippen molar-refractivity contribution in [3.8, 4) is 5.75 Å². The molecule has 0 saturated heterocycles. The highest BCUT2D eigenvalue weighted by molar-refractivity contribution is 6.36. The number of hydrogen-bond acceptors (Lipinski definition) is 3. The average Bonchev–Trinajstić information content (AvgIpc) is 2.51. The fourth-order valence-corrected chi connectivity index (χ4v) is 2.29. The van der Waals surface area contributed by atoms with E-state index < -0.39 is 0 Å². The second kappa shape index (κ2) is 7.92. The first-order valence-corrected chi connectivity index (χ1v) is 7.47. The molecule has 2 aromatic carbocycles. The molecule has 6 heteroatoms. The fraction of sp³-hybridized carbons (Fsp3) is 0.188. The number of carbonyl (C=O) groups is 1. The summed E-state index contributed by atoms with van der Waals surface area (Å²) in [5, 5.41) is 6.87. The van der Waals surface area contributed by atoms with Gasteiger partial charge >= 0.3 is 0 Å². The summed E-state index contributed by atoms with van der Waals surface area (Å²) in [5.74, 6) is 0.672. The summed E-state index contributed by atoms with van der Waals surface area (Å²) in [6, 6.07) is 12.5. The van der Waals surface area contributed by atoms with Crippen LogP contribution in [0.15, 0.2) is 42.5 Å². The Morgan fingerprint density at radius 2 is 1.86 bits per heavy atom. The van der Waals surface area contributed by atoms with Crippen molar-refractivity contribution in [2.24, 2.45) is 0 Å². The van der Waals surface area contributed by atoms with Crippen LogP contribution in [0, 0.1) is 0 Å². The van der Waals surface area contributed by atoms with Crippen molar-refractivity contribution < 1.29 is 9.53 Å². The molecule has 0 fully saturated rings. The third-order valence-electron chi connectivity index (χ3n) is 2.98. The number of hydrogen-bond donors (Lipinski definition) is 2. The highest BCUT2D eigenvalue weighted by atomic mass is 35.5. The number of halogens is 2. The number of nitrogens with one attached hydrogen (secondary N) is 2. The van der Waals surface area contributed by atoms with E-state index in [0.717, 1.165) is 11.4 Å². The van der Waals surface area contributed by atoms with Crippen LogP contribution in [0.25, 0.3) is 0 Å². The molecule has 0 radical (unpaired) electrons. The molecule has 2 rings (SSSR count). The van der Waals surface area contributed by atoms with Crippen LogP contribution in [0.3, 0.4) is 0 Å². The fourth-order valence-electron chi connectivity index (χ4n) is 1.83. The van der Waals surface area contributed by atoms with Crippen molar-refractivity contribution in [2.45, 2.75) is 6.42 Å². The lowest BCUT2D eigenvalue weighted by Gasteiger charge is -2.09. The van der Waals surface area contributed by atoms with Crippen LogP contribution in [-0.2, 0) is 4.79 Å². The van der Waals surface area contributed by atoms with Gasteiger partial charge in [0.1, 0.15) is 5.75 Å². The molecule has 0 heterocycles. The Morgan fingerprint density at radius 1 is 1.14 bits per heavy atom. The van der Waals surface area contributed by atoms with E-state index in [9.17, 15) is 4.79 Å². The largest absolute Gasteiger partial charge is 0.497 e. The molecule has 116 valence electrons. The van der Waals surface area contributed by atoms with E-state index in [1.807, 2.05) is 24.3 Å². The molecule has 0 unspecified atom stereocenters. The van der Waals surface area contributed by atoms with Gasteiger partial charge in [-0.1, -0.05) is 23.2 Å². The van der Waals surface area contributed by atoms with E-state index in [1.54, 1.807) is 25.3 Å². The van der Waals surface area contributed by atoms with Gasteiger partial charge in [0.05, 0.1) is 17.8 Å². The van der Waals surface area contributed by atoms with Gasteiger partial charge < -0.3 is 15.4 Å². The monoisotopic (exact) mass is 338 g/mol. The van der Waals surface area contributed by atoms with E-state index in [2.05, 4.69) is 10.6 Å².